The van der Waals surface area contributed by atoms with Crippen LogP contribution in [-0.2, 0) is 11.8 Å². The smallest absolute Gasteiger partial charge is 0.194 e. The van der Waals surface area contributed by atoms with Gasteiger partial charge in [-0.1, -0.05) is 32.9 Å². The maximum atomic E-state index is 5.89. The molecule has 3 rings (SSSR count). The molecule has 4 heteroatoms. The molecule has 0 spiro atoms. The Morgan fingerprint density at radius 2 is 1.91 bits per heavy atom. The Balaban J connectivity index is 2.26. The van der Waals surface area contributed by atoms with E-state index in [4.69, 9.17) is 10.7 Å². The molecule has 3 aromatic rings. The molecule has 0 saturated carbocycles. The van der Waals surface area contributed by atoms with E-state index in [9.17, 15) is 0 Å². The summed E-state index contributed by atoms with van der Waals surface area (Å²) in [6.07, 6.45) is 0.850. The monoisotopic (exact) mass is 327 g/mol. The summed E-state index contributed by atoms with van der Waals surface area (Å²) in [5.74, 6) is 0. The minimum atomic E-state index is 0.0245. The Hall–Kier alpha value is -1.65. The van der Waals surface area contributed by atoms with Crippen molar-refractivity contribution in [3.05, 3.63) is 46.1 Å². The zero-order valence-electron chi connectivity index (χ0n) is 14.6. The third-order valence-electron chi connectivity index (χ3n) is 4.35. The lowest BCUT2D eigenvalue weighted by Crippen LogP contribution is -2.17. The Morgan fingerprint density at radius 1 is 1.17 bits per heavy atom. The Kier molecular flexibility index (Phi) is 4.07. The fourth-order valence-electron chi connectivity index (χ4n) is 2.99. The van der Waals surface area contributed by atoms with Crippen molar-refractivity contribution in [3.8, 4) is 11.3 Å². The fraction of sp³-hybridized carbons (Fsp3) is 0.421. The average Bonchev–Trinajstić information content (AvgIpc) is 3.02. The number of hydrogen-bond donors (Lipinski definition) is 1. The van der Waals surface area contributed by atoms with E-state index in [1.807, 2.05) is 0 Å². The van der Waals surface area contributed by atoms with E-state index in [1.54, 1.807) is 11.3 Å². The highest BCUT2D eigenvalue weighted by atomic mass is 32.1. The number of fused-ring (bicyclic) bond motifs is 1. The minimum Gasteiger partial charge on any atom is -0.330 e. The van der Waals surface area contributed by atoms with Crippen LogP contribution in [-0.4, -0.2) is 15.9 Å². The second-order valence-electron chi connectivity index (χ2n) is 7.23. The molecule has 0 fully saturated rings. The van der Waals surface area contributed by atoms with E-state index < -0.39 is 0 Å². The van der Waals surface area contributed by atoms with Gasteiger partial charge < -0.3 is 5.73 Å². The third-order valence-corrected chi connectivity index (χ3v) is 5.18. The molecule has 122 valence electrons. The highest BCUT2D eigenvalue weighted by Crippen LogP contribution is 2.34. The summed E-state index contributed by atoms with van der Waals surface area (Å²) in [5, 5.41) is 2.21. The number of thiazole rings is 1. The van der Waals surface area contributed by atoms with Crippen LogP contribution in [0.5, 0.6) is 0 Å². The molecule has 2 aromatic heterocycles. The molecular weight excluding hydrogens is 302 g/mol. The van der Waals surface area contributed by atoms with E-state index in [0.29, 0.717) is 6.54 Å². The van der Waals surface area contributed by atoms with Gasteiger partial charge in [-0.2, -0.15) is 0 Å². The summed E-state index contributed by atoms with van der Waals surface area (Å²) in [7, 11) is 0. The normalized spacial score (nSPS) is 12.3. The van der Waals surface area contributed by atoms with Crippen LogP contribution in [0.15, 0.2) is 23.6 Å². The predicted molar refractivity (Wildman–Crippen MR) is 99.4 cm³/mol. The molecule has 0 atom stereocenters. The first kappa shape index (κ1) is 16.2. The number of aryl methyl sites for hydroxylation is 2. The van der Waals surface area contributed by atoms with Crippen molar-refractivity contribution in [2.75, 3.05) is 6.54 Å². The van der Waals surface area contributed by atoms with E-state index in [2.05, 4.69) is 62.6 Å². The van der Waals surface area contributed by atoms with Crippen LogP contribution < -0.4 is 5.73 Å². The number of aromatic nitrogens is 2. The van der Waals surface area contributed by atoms with Gasteiger partial charge in [0.2, 0.25) is 0 Å². The first-order chi connectivity index (χ1) is 10.8. The van der Waals surface area contributed by atoms with Crippen molar-refractivity contribution in [2.24, 2.45) is 5.73 Å². The largest absolute Gasteiger partial charge is 0.330 e. The lowest BCUT2D eigenvalue weighted by Gasteiger charge is -2.18. The summed E-state index contributed by atoms with van der Waals surface area (Å²) in [6.45, 7) is 11.6. The van der Waals surface area contributed by atoms with Gasteiger partial charge >= 0.3 is 0 Å². The van der Waals surface area contributed by atoms with Crippen molar-refractivity contribution in [1.29, 1.82) is 0 Å². The van der Waals surface area contributed by atoms with Crippen molar-refractivity contribution in [3.63, 3.8) is 0 Å². The number of hydrogen-bond acceptors (Lipinski definition) is 3. The Bertz CT molecular complexity index is 849. The van der Waals surface area contributed by atoms with Gasteiger partial charge in [0.05, 0.1) is 11.4 Å². The molecule has 0 amide bonds. The summed E-state index contributed by atoms with van der Waals surface area (Å²) >= 11 is 1.71. The van der Waals surface area contributed by atoms with Gasteiger partial charge in [0, 0.05) is 22.9 Å². The van der Waals surface area contributed by atoms with Crippen LogP contribution in [0.25, 0.3) is 16.2 Å². The van der Waals surface area contributed by atoms with Gasteiger partial charge in [0.1, 0.15) is 0 Å². The molecule has 0 saturated heterocycles. The number of rotatable bonds is 3. The van der Waals surface area contributed by atoms with Crippen molar-refractivity contribution < 1.29 is 0 Å². The van der Waals surface area contributed by atoms with Gasteiger partial charge in [0.25, 0.3) is 0 Å². The van der Waals surface area contributed by atoms with Crippen molar-refractivity contribution in [1.82, 2.24) is 9.38 Å². The molecule has 0 aliphatic heterocycles. The highest BCUT2D eigenvalue weighted by molar-refractivity contribution is 7.15. The minimum absolute atomic E-state index is 0.0245. The number of nitrogens with zero attached hydrogens (tertiary/aromatic N) is 2. The fourth-order valence-corrected chi connectivity index (χ4v) is 3.90. The van der Waals surface area contributed by atoms with Crippen LogP contribution in [0.2, 0.25) is 0 Å². The molecule has 2 heterocycles. The first-order valence-corrected chi connectivity index (χ1v) is 8.98. The van der Waals surface area contributed by atoms with Gasteiger partial charge in [-0.3, -0.25) is 4.40 Å². The molecule has 0 unspecified atom stereocenters. The van der Waals surface area contributed by atoms with Gasteiger partial charge in [-0.25, -0.2) is 4.98 Å². The lowest BCUT2D eigenvalue weighted by atomic mass is 9.90. The SMILES string of the molecule is Cc1ccc(-c2csc3nc(C(C)(C)C)c(CCN)n23)cc1C. The average molecular weight is 327 g/mol. The maximum Gasteiger partial charge on any atom is 0.194 e. The van der Waals surface area contributed by atoms with Gasteiger partial charge in [0.15, 0.2) is 4.96 Å². The lowest BCUT2D eigenvalue weighted by molar-refractivity contribution is 0.564. The first-order valence-electron chi connectivity index (χ1n) is 8.10. The van der Waals surface area contributed by atoms with Crippen molar-refractivity contribution >= 4 is 16.3 Å². The summed E-state index contributed by atoms with van der Waals surface area (Å²) in [4.78, 5) is 5.98. The molecule has 1 aromatic carbocycles. The van der Waals surface area contributed by atoms with Crippen LogP contribution in [0, 0.1) is 13.8 Å². The summed E-state index contributed by atoms with van der Waals surface area (Å²) in [6, 6.07) is 6.66. The van der Waals surface area contributed by atoms with Gasteiger partial charge in [-0.15, -0.1) is 11.3 Å². The number of benzene rings is 1. The Morgan fingerprint density at radius 3 is 2.52 bits per heavy atom. The second-order valence-corrected chi connectivity index (χ2v) is 8.07. The molecule has 0 aliphatic carbocycles. The number of imidazole rings is 1. The quantitative estimate of drug-likeness (QED) is 0.771. The zero-order valence-corrected chi connectivity index (χ0v) is 15.4. The molecule has 3 nitrogen and oxygen atoms in total. The zero-order chi connectivity index (χ0) is 16.8. The van der Waals surface area contributed by atoms with E-state index in [-0.39, 0.29) is 5.41 Å². The van der Waals surface area contributed by atoms with E-state index in [1.165, 1.54) is 33.8 Å². The third kappa shape index (κ3) is 2.81. The maximum absolute atomic E-state index is 5.89. The second kappa shape index (κ2) is 5.77. The van der Waals surface area contributed by atoms with Gasteiger partial charge in [-0.05, 0) is 43.1 Å². The molecule has 0 aliphatic rings. The summed E-state index contributed by atoms with van der Waals surface area (Å²) < 4.78 is 2.31. The molecular formula is C19H25N3S. The van der Waals surface area contributed by atoms with E-state index >= 15 is 0 Å². The molecule has 23 heavy (non-hydrogen) atoms. The van der Waals surface area contributed by atoms with Crippen LogP contribution in [0.3, 0.4) is 0 Å². The summed E-state index contributed by atoms with van der Waals surface area (Å²) in [5.41, 5.74) is 13.4. The topological polar surface area (TPSA) is 43.3 Å². The molecule has 0 bridgehead atoms. The van der Waals surface area contributed by atoms with E-state index in [0.717, 1.165) is 11.4 Å². The highest BCUT2D eigenvalue weighted by Gasteiger charge is 2.25. The predicted octanol–water partition coefficient (Wildman–Crippen LogP) is 4.48. The van der Waals surface area contributed by atoms with Crippen LogP contribution >= 0.6 is 11.3 Å². The molecule has 2 N–H and O–H groups in total. The number of nitrogens with two attached hydrogens (primary N) is 1. The van der Waals surface area contributed by atoms with Crippen molar-refractivity contribution in [2.45, 2.75) is 46.5 Å². The van der Waals surface area contributed by atoms with Crippen LogP contribution in [0.4, 0.5) is 0 Å². The molecule has 0 radical (unpaired) electrons. The standard InChI is InChI=1S/C19H25N3S/c1-12-6-7-14(10-13(12)2)16-11-23-18-21-17(19(3,4)5)15(8-9-20)22(16)18/h6-7,10-11H,8-9,20H2,1-5H3. The Labute approximate surface area is 142 Å². The van der Waals surface area contributed by atoms with Crippen LogP contribution in [0.1, 0.15) is 43.3 Å².